The summed E-state index contributed by atoms with van der Waals surface area (Å²) < 4.78 is 45.7. The highest BCUT2D eigenvalue weighted by Gasteiger charge is 2.25. The van der Waals surface area contributed by atoms with Crippen LogP contribution in [0.5, 0.6) is 5.75 Å². The Morgan fingerprint density at radius 1 is 1.24 bits per heavy atom. The number of hydrogen-bond acceptors (Lipinski definition) is 8. The van der Waals surface area contributed by atoms with Crippen molar-refractivity contribution >= 4 is 49.0 Å². The van der Waals surface area contributed by atoms with Gasteiger partial charge in [-0.3, -0.25) is 4.79 Å². The summed E-state index contributed by atoms with van der Waals surface area (Å²) in [5, 5.41) is 3.85. The molecule has 0 spiro atoms. The fourth-order valence-corrected chi connectivity index (χ4v) is 5.85. The van der Waals surface area contributed by atoms with Gasteiger partial charge in [0.05, 0.1) is 28.3 Å². The molecule has 12 heteroatoms. The number of carbonyl (C=O) groups is 1. The van der Waals surface area contributed by atoms with Crippen LogP contribution >= 0.6 is 11.3 Å². The molecule has 0 bridgehead atoms. The van der Waals surface area contributed by atoms with Crippen molar-refractivity contribution in [2.24, 2.45) is 5.73 Å². The molecule has 176 valence electrons. The van der Waals surface area contributed by atoms with Crippen molar-refractivity contribution < 1.29 is 22.3 Å². The maximum absolute atomic E-state index is 14.0. The molecule has 1 aliphatic rings. The summed E-state index contributed by atoms with van der Waals surface area (Å²) in [4.78, 5) is 21.3. The summed E-state index contributed by atoms with van der Waals surface area (Å²) in [5.41, 5.74) is 6.66. The first kappa shape index (κ1) is 23.3. The van der Waals surface area contributed by atoms with Crippen LogP contribution in [-0.4, -0.2) is 42.7 Å². The van der Waals surface area contributed by atoms with Crippen molar-refractivity contribution in [2.75, 3.05) is 11.6 Å². The number of aryl methyl sites for hydroxylation is 1. The molecule has 1 aliphatic carbocycles. The summed E-state index contributed by atoms with van der Waals surface area (Å²) in [6, 6.07) is 4.05. The Hall–Kier alpha value is -2.83. The molecule has 3 aromatic rings. The molecule has 0 saturated heterocycles. The fraction of sp³-hybridized carbons (Fsp3) is 0.381. The molecular formula is C21H24FN5O4S2. The first-order valence-electron chi connectivity index (χ1n) is 10.3. The second-order valence-corrected chi connectivity index (χ2v) is 10.8. The number of primary amides is 1. The number of ether oxygens (including phenoxy) is 1. The van der Waals surface area contributed by atoms with Crippen LogP contribution in [0.25, 0.3) is 10.2 Å². The second kappa shape index (κ2) is 9.20. The average molecular weight is 494 g/mol. The summed E-state index contributed by atoms with van der Waals surface area (Å²) >= 11 is 1.19. The van der Waals surface area contributed by atoms with Crippen LogP contribution in [0, 0.1) is 12.7 Å². The Morgan fingerprint density at radius 2 is 1.97 bits per heavy atom. The van der Waals surface area contributed by atoms with Gasteiger partial charge in [-0.1, -0.05) is 0 Å². The lowest BCUT2D eigenvalue weighted by molar-refractivity contribution is 0.100. The van der Waals surface area contributed by atoms with Gasteiger partial charge in [-0.25, -0.2) is 27.5 Å². The van der Waals surface area contributed by atoms with E-state index in [0.717, 1.165) is 6.26 Å². The van der Waals surface area contributed by atoms with E-state index < -0.39 is 21.7 Å². The minimum Gasteiger partial charge on any atom is -0.488 e. The molecule has 33 heavy (non-hydrogen) atoms. The third-order valence-electron chi connectivity index (χ3n) is 5.50. The molecule has 2 heterocycles. The van der Waals surface area contributed by atoms with Gasteiger partial charge in [0.2, 0.25) is 10.0 Å². The van der Waals surface area contributed by atoms with Crippen LogP contribution in [-0.2, 0) is 10.0 Å². The predicted octanol–water partition coefficient (Wildman–Crippen LogP) is 3.22. The van der Waals surface area contributed by atoms with E-state index in [-0.39, 0.29) is 12.1 Å². The number of aromatic nitrogens is 2. The van der Waals surface area contributed by atoms with Crippen LogP contribution in [0.4, 0.5) is 15.9 Å². The molecule has 0 unspecified atom stereocenters. The monoisotopic (exact) mass is 493 g/mol. The van der Waals surface area contributed by atoms with E-state index in [1.807, 2.05) is 0 Å². The highest BCUT2D eigenvalue weighted by molar-refractivity contribution is 7.88. The van der Waals surface area contributed by atoms with Crippen molar-refractivity contribution in [1.82, 2.24) is 14.7 Å². The Kier molecular flexibility index (Phi) is 6.50. The number of anilines is 2. The summed E-state index contributed by atoms with van der Waals surface area (Å²) in [5.74, 6) is -0.199. The molecule has 0 aliphatic heterocycles. The maximum Gasteiger partial charge on any atom is 0.259 e. The van der Waals surface area contributed by atoms with E-state index in [1.165, 1.54) is 29.8 Å². The molecule has 2 aromatic heterocycles. The average Bonchev–Trinajstić information content (AvgIpc) is 3.08. The first-order chi connectivity index (χ1) is 15.6. The molecule has 1 amide bonds. The van der Waals surface area contributed by atoms with Crippen molar-refractivity contribution in [3.8, 4) is 5.75 Å². The number of nitrogens with one attached hydrogen (secondary N) is 2. The molecule has 9 nitrogen and oxygen atoms in total. The Bertz CT molecular complexity index is 1300. The summed E-state index contributed by atoms with van der Waals surface area (Å²) in [6.45, 7) is 1.78. The summed E-state index contributed by atoms with van der Waals surface area (Å²) in [6.07, 6.45) is 4.87. The maximum atomic E-state index is 14.0. The molecule has 1 fully saturated rings. The van der Waals surface area contributed by atoms with Gasteiger partial charge in [-0.05, 0) is 50.3 Å². The molecular weight excluding hydrogens is 469 g/mol. The van der Waals surface area contributed by atoms with Crippen LogP contribution in [0.1, 0.15) is 40.9 Å². The van der Waals surface area contributed by atoms with Crippen LogP contribution in [0.15, 0.2) is 24.5 Å². The van der Waals surface area contributed by atoms with Crippen LogP contribution in [0.2, 0.25) is 0 Å². The minimum absolute atomic E-state index is 0.125. The zero-order valence-electron chi connectivity index (χ0n) is 18.1. The Balaban J connectivity index is 1.56. The van der Waals surface area contributed by atoms with Crippen molar-refractivity contribution in [2.45, 2.75) is 44.8 Å². The normalized spacial score (nSPS) is 18.9. The number of fused-ring (bicyclic) bond motifs is 1. The number of hydrogen-bond donors (Lipinski definition) is 3. The molecule has 0 radical (unpaired) electrons. The lowest BCUT2D eigenvalue weighted by Gasteiger charge is -2.29. The first-order valence-corrected chi connectivity index (χ1v) is 13.1. The van der Waals surface area contributed by atoms with Crippen molar-refractivity contribution in [3.63, 3.8) is 0 Å². The largest absolute Gasteiger partial charge is 0.488 e. The lowest BCUT2D eigenvalue weighted by atomic mass is 9.93. The van der Waals surface area contributed by atoms with E-state index in [1.54, 1.807) is 13.0 Å². The number of carbonyl (C=O) groups excluding carboxylic acids is 1. The van der Waals surface area contributed by atoms with Crippen LogP contribution < -0.4 is 20.5 Å². The third-order valence-corrected chi connectivity index (χ3v) is 7.47. The number of benzene rings is 1. The number of nitrogens with two attached hydrogens (primary N) is 1. The van der Waals surface area contributed by atoms with Gasteiger partial charge in [0.25, 0.3) is 5.91 Å². The van der Waals surface area contributed by atoms with Crippen molar-refractivity contribution in [1.29, 1.82) is 0 Å². The fourth-order valence-electron chi connectivity index (χ4n) is 4.01. The SMILES string of the molecule is Cc1c(C(N)=O)sc2ncnc(Nc3ccc(F)cc3OC3CCC(NS(C)(=O)=O)CC3)c12. The van der Waals surface area contributed by atoms with Gasteiger partial charge < -0.3 is 15.8 Å². The zero-order chi connectivity index (χ0) is 23.8. The number of halogens is 1. The van der Waals surface area contributed by atoms with Gasteiger partial charge in [0.15, 0.2) is 0 Å². The van der Waals surface area contributed by atoms with E-state index >= 15 is 0 Å². The second-order valence-electron chi connectivity index (χ2n) is 8.07. The molecule has 0 atom stereocenters. The van der Waals surface area contributed by atoms with Gasteiger partial charge in [0, 0.05) is 12.1 Å². The number of thiophene rings is 1. The Labute approximate surface area is 194 Å². The number of sulfonamides is 1. The van der Waals surface area contributed by atoms with Gasteiger partial charge in [-0.2, -0.15) is 0 Å². The van der Waals surface area contributed by atoms with Crippen molar-refractivity contribution in [3.05, 3.63) is 40.8 Å². The number of amides is 1. The quantitative estimate of drug-likeness (QED) is 0.460. The van der Waals surface area contributed by atoms with E-state index in [9.17, 15) is 17.6 Å². The number of nitrogens with zero attached hydrogens (tertiary/aromatic N) is 2. The standard InChI is InChI=1S/C21H24FN5O4S2/c1-11-17-20(24-10-25-21(17)32-18(11)19(23)28)26-15-8-3-12(22)9-16(15)31-14-6-4-13(5-7-14)27-33(2,29)30/h3,8-10,13-14,27H,4-7H2,1-2H3,(H2,23,28)(H,24,25,26). The lowest BCUT2D eigenvalue weighted by Crippen LogP contribution is -2.39. The molecule has 1 aromatic carbocycles. The number of rotatable bonds is 7. The zero-order valence-corrected chi connectivity index (χ0v) is 19.7. The predicted molar refractivity (Wildman–Crippen MR) is 125 cm³/mol. The highest BCUT2D eigenvalue weighted by atomic mass is 32.2. The molecule has 4 rings (SSSR count). The van der Waals surface area contributed by atoms with E-state index in [4.69, 9.17) is 10.5 Å². The third kappa shape index (κ3) is 5.40. The van der Waals surface area contributed by atoms with Crippen LogP contribution in [0.3, 0.4) is 0 Å². The highest BCUT2D eigenvalue weighted by Crippen LogP contribution is 2.37. The molecule has 1 saturated carbocycles. The van der Waals surface area contributed by atoms with Gasteiger partial charge in [-0.15, -0.1) is 11.3 Å². The van der Waals surface area contributed by atoms with Gasteiger partial charge in [0.1, 0.15) is 28.5 Å². The van der Waals surface area contributed by atoms with E-state index in [0.29, 0.717) is 63.6 Å². The van der Waals surface area contributed by atoms with Gasteiger partial charge >= 0.3 is 0 Å². The topological polar surface area (TPSA) is 136 Å². The molecule has 4 N–H and O–H groups in total. The Morgan fingerprint density at radius 3 is 2.64 bits per heavy atom. The smallest absolute Gasteiger partial charge is 0.259 e. The summed E-state index contributed by atoms with van der Waals surface area (Å²) in [7, 11) is -3.26. The minimum atomic E-state index is -3.26. The van der Waals surface area contributed by atoms with E-state index in [2.05, 4.69) is 20.0 Å².